The molecule has 0 bridgehead atoms. The van der Waals surface area contributed by atoms with Crippen molar-refractivity contribution in [3.63, 3.8) is 0 Å². The molecule has 1 N–H and O–H groups in total. The number of rotatable bonds is 11. The Morgan fingerprint density at radius 2 is 1.81 bits per heavy atom. The predicted molar refractivity (Wildman–Crippen MR) is 139 cm³/mol. The minimum atomic E-state index is -3.86. The van der Waals surface area contributed by atoms with Crippen LogP contribution in [0.25, 0.3) is 0 Å². The van der Waals surface area contributed by atoms with Gasteiger partial charge in [0.1, 0.15) is 12.6 Å². The Morgan fingerprint density at radius 3 is 2.47 bits per heavy atom. The lowest BCUT2D eigenvalue weighted by molar-refractivity contribution is -0.139. The molecule has 0 saturated carbocycles. The first-order chi connectivity index (χ1) is 17.0. The zero-order chi connectivity index (χ0) is 26.5. The summed E-state index contributed by atoms with van der Waals surface area (Å²) in [5.41, 5.74) is 0.879. The Labute approximate surface area is 221 Å². The molecule has 0 saturated heterocycles. The van der Waals surface area contributed by atoms with Crippen LogP contribution in [0.3, 0.4) is 0 Å². The molecule has 2 amide bonds. The van der Waals surface area contributed by atoms with Crippen LogP contribution < -0.4 is 19.1 Å². The molecular formula is C24H29Cl2N3O6S. The number of carbonyl (C=O) groups excluding carboxylic acids is 2. The first-order valence-corrected chi connectivity index (χ1v) is 14.0. The van der Waals surface area contributed by atoms with Crippen LogP contribution in [0.4, 0.5) is 5.69 Å². The number of unbranched alkanes of at least 4 members (excludes halogenated alkanes) is 1. The third-order valence-electron chi connectivity index (χ3n) is 5.66. The molecule has 1 aliphatic rings. The molecule has 0 fully saturated rings. The molecule has 1 atom stereocenters. The second-order valence-corrected chi connectivity index (χ2v) is 11.1. The lowest BCUT2D eigenvalue weighted by atomic mass is 10.1. The number of halogens is 2. The molecule has 1 aliphatic heterocycles. The fraction of sp³-hybridized carbons (Fsp3) is 0.417. The minimum Gasteiger partial charge on any atom is -0.454 e. The highest BCUT2D eigenvalue weighted by Crippen LogP contribution is 2.36. The van der Waals surface area contributed by atoms with Crippen LogP contribution in [0.15, 0.2) is 36.4 Å². The van der Waals surface area contributed by atoms with Gasteiger partial charge in [0, 0.05) is 19.2 Å². The summed E-state index contributed by atoms with van der Waals surface area (Å²) >= 11 is 12.2. The van der Waals surface area contributed by atoms with Crippen LogP contribution in [0, 0.1) is 0 Å². The van der Waals surface area contributed by atoms with Gasteiger partial charge in [-0.3, -0.25) is 13.9 Å². The SMILES string of the molecule is CCCCNC(=O)C(C)N(Cc1ccc(Cl)c(Cl)c1)C(=O)CN(c1ccc2c(c1)OCO2)S(C)(=O)=O. The number of benzene rings is 2. The number of ether oxygens (including phenoxy) is 2. The monoisotopic (exact) mass is 557 g/mol. The molecule has 196 valence electrons. The average molecular weight is 558 g/mol. The largest absolute Gasteiger partial charge is 0.454 e. The minimum absolute atomic E-state index is 0.0246. The van der Waals surface area contributed by atoms with Crippen molar-refractivity contribution in [2.45, 2.75) is 39.3 Å². The number of amides is 2. The van der Waals surface area contributed by atoms with E-state index < -0.39 is 28.5 Å². The molecular weight excluding hydrogens is 529 g/mol. The van der Waals surface area contributed by atoms with Gasteiger partial charge in [0.15, 0.2) is 11.5 Å². The molecule has 1 unspecified atom stereocenters. The summed E-state index contributed by atoms with van der Waals surface area (Å²) in [6, 6.07) is 8.65. The van der Waals surface area contributed by atoms with Crippen molar-refractivity contribution in [3.8, 4) is 11.5 Å². The van der Waals surface area contributed by atoms with Gasteiger partial charge in [0.2, 0.25) is 28.6 Å². The maximum Gasteiger partial charge on any atom is 0.244 e. The molecule has 2 aromatic rings. The smallest absolute Gasteiger partial charge is 0.244 e. The standard InChI is InChI=1S/C24H29Cl2N3O6S/c1-4-5-10-27-24(31)16(2)28(13-17-6-8-19(25)20(26)11-17)23(30)14-29(36(3,32)33)18-7-9-21-22(12-18)35-15-34-21/h6-9,11-12,16H,4-5,10,13-15H2,1-3H3,(H,27,31). The summed E-state index contributed by atoms with van der Waals surface area (Å²) in [7, 11) is -3.86. The van der Waals surface area contributed by atoms with Gasteiger partial charge in [-0.2, -0.15) is 0 Å². The van der Waals surface area contributed by atoms with Crippen LogP contribution in [-0.2, 0) is 26.2 Å². The van der Waals surface area contributed by atoms with Crippen molar-refractivity contribution in [1.82, 2.24) is 10.2 Å². The van der Waals surface area contributed by atoms with E-state index in [9.17, 15) is 18.0 Å². The number of carbonyl (C=O) groups is 2. The van der Waals surface area contributed by atoms with E-state index in [4.69, 9.17) is 32.7 Å². The quantitative estimate of drug-likeness (QED) is 0.421. The third-order valence-corrected chi connectivity index (χ3v) is 7.54. The summed E-state index contributed by atoms with van der Waals surface area (Å²) in [6.07, 6.45) is 2.71. The highest BCUT2D eigenvalue weighted by molar-refractivity contribution is 7.92. The molecule has 9 nitrogen and oxygen atoms in total. The van der Waals surface area contributed by atoms with Crippen molar-refractivity contribution in [2.24, 2.45) is 0 Å². The lowest BCUT2D eigenvalue weighted by Crippen LogP contribution is -2.51. The summed E-state index contributed by atoms with van der Waals surface area (Å²) in [5, 5.41) is 3.49. The van der Waals surface area contributed by atoms with Gasteiger partial charge in [-0.15, -0.1) is 0 Å². The van der Waals surface area contributed by atoms with Crippen molar-refractivity contribution in [1.29, 1.82) is 0 Å². The Morgan fingerprint density at radius 1 is 1.08 bits per heavy atom. The fourth-order valence-electron chi connectivity index (χ4n) is 3.61. The van der Waals surface area contributed by atoms with E-state index in [0.29, 0.717) is 33.7 Å². The third kappa shape index (κ3) is 6.96. The Bertz CT molecular complexity index is 1220. The van der Waals surface area contributed by atoms with E-state index in [-0.39, 0.29) is 24.9 Å². The first kappa shape index (κ1) is 27.9. The second-order valence-electron chi connectivity index (χ2n) is 8.40. The van der Waals surface area contributed by atoms with E-state index in [1.54, 1.807) is 31.2 Å². The van der Waals surface area contributed by atoms with Gasteiger partial charge in [-0.05, 0) is 43.2 Å². The number of fused-ring (bicyclic) bond motifs is 1. The van der Waals surface area contributed by atoms with Crippen LogP contribution in [0.2, 0.25) is 10.0 Å². The van der Waals surface area contributed by atoms with Crippen molar-refractivity contribution in [3.05, 3.63) is 52.0 Å². The number of nitrogens with zero attached hydrogens (tertiary/aromatic N) is 2. The number of anilines is 1. The van der Waals surface area contributed by atoms with E-state index in [1.165, 1.54) is 17.0 Å². The van der Waals surface area contributed by atoms with Crippen LogP contribution in [0.5, 0.6) is 11.5 Å². The molecule has 2 aromatic carbocycles. The van der Waals surface area contributed by atoms with Crippen molar-refractivity contribution in [2.75, 3.05) is 30.4 Å². The first-order valence-electron chi connectivity index (χ1n) is 11.4. The van der Waals surface area contributed by atoms with Gasteiger partial charge < -0.3 is 19.7 Å². The van der Waals surface area contributed by atoms with Gasteiger partial charge >= 0.3 is 0 Å². The van der Waals surface area contributed by atoms with E-state index in [2.05, 4.69) is 5.32 Å². The Kier molecular flexibility index (Phi) is 9.32. The summed E-state index contributed by atoms with van der Waals surface area (Å²) in [6.45, 7) is 3.61. The number of sulfonamides is 1. The van der Waals surface area contributed by atoms with Crippen molar-refractivity contribution >= 4 is 50.7 Å². The molecule has 0 aliphatic carbocycles. The number of hydrogen-bond donors (Lipinski definition) is 1. The topological polar surface area (TPSA) is 105 Å². The normalized spacial score (nSPS) is 13.2. The zero-order valence-corrected chi connectivity index (χ0v) is 22.6. The van der Waals surface area contributed by atoms with E-state index >= 15 is 0 Å². The molecule has 3 rings (SSSR count). The van der Waals surface area contributed by atoms with Crippen molar-refractivity contribution < 1.29 is 27.5 Å². The van der Waals surface area contributed by atoms with Crippen LogP contribution in [-0.4, -0.2) is 57.3 Å². The number of nitrogens with one attached hydrogen (secondary N) is 1. The second kappa shape index (κ2) is 12.0. The van der Waals surface area contributed by atoms with Crippen LogP contribution in [0.1, 0.15) is 32.3 Å². The molecule has 1 heterocycles. The predicted octanol–water partition coefficient (Wildman–Crippen LogP) is 3.82. The highest BCUT2D eigenvalue weighted by Gasteiger charge is 2.30. The maximum absolute atomic E-state index is 13.6. The highest BCUT2D eigenvalue weighted by atomic mass is 35.5. The zero-order valence-electron chi connectivity index (χ0n) is 20.3. The lowest BCUT2D eigenvalue weighted by Gasteiger charge is -2.31. The summed E-state index contributed by atoms with van der Waals surface area (Å²) < 4.78 is 37.0. The summed E-state index contributed by atoms with van der Waals surface area (Å²) in [5.74, 6) is -0.0461. The molecule has 0 radical (unpaired) electrons. The fourth-order valence-corrected chi connectivity index (χ4v) is 4.77. The molecule has 36 heavy (non-hydrogen) atoms. The molecule has 12 heteroatoms. The maximum atomic E-state index is 13.6. The van der Waals surface area contributed by atoms with Gasteiger partial charge in [0.05, 0.1) is 22.0 Å². The summed E-state index contributed by atoms with van der Waals surface area (Å²) in [4.78, 5) is 27.7. The Hall–Kier alpha value is -2.69. The van der Waals surface area contributed by atoms with Gasteiger partial charge in [-0.25, -0.2) is 8.42 Å². The van der Waals surface area contributed by atoms with Gasteiger partial charge in [-0.1, -0.05) is 42.6 Å². The average Bonchev–Trinajstić information content (AvgIpc) is 3.30. The Balaban J connectivity index is 1.89. The van der Waals surface area contributed by atoms with E-state index in [1.807, 2.05) is 6.92 Å². The molecule has 0 spiro atoms. The van der Waals surface area contributed by atoms with Gasteiger partial charge in [0.25, 0.3) is 0 Å². The van der Waals surface area contributed by atoms with Crippen LogP contribution >= 0.6 is 23.2 Å². The number of hydrogen-bond acceptors (Lipinski definition) is 6. The molecule has 0 aromatic heterocycles. The van der Waals surface area contributed by atoms with E-state index in [0.717, 1.165) is 23.4 Å².